The maximum atomic E-state index is 11.6. The van der Waals surface area contributed by atoms with Crippen molar-refractivity contribution in [2.24, 2.45) is 0 Å². The van der Waals surface area contributed by atoms with E-state index in [4.69, 9.17) is 5.73 Å². The van der Waals surface area contributed by atoms with E-state index in [2.05, 4.69) is 0 Å². The molecule has 0 radical (unpaired) electrons. The van der Waals surface area contributed by atoms with Gasteiger partial charge in [-0.05, 0) is 30.5 Å². The Labute approximate surface area is 77.5 Å². The van der Waals surface area contributed by atoms with E-state index in [0.717, 1.165) is 18.4 Å². The smallest absolute Gasteiger partial charge is 0.178 e. The zero-order valence-electron chi connectivity index (χ0n) is 7.16. The van der Waals surface area contributed by atoms with Gasteiger partial charge >= 0.3 is 0 Å². The molecule has 2 N–H and O–H groups in total. The van der Waals surface area contributed by atoms with Crippen molar-refractivity contribution in [1.82, 2.24) is 0 Å². The molecule has 0 fully saturated rings. The van der Waals surface area contributed by atoms with Crippen LogP contribution in [0.25, 0.3) is 0 Å². The Bertz CT molecular complexity index is 437. The van der Waals surface area contributed by atoms with Crippen molar-refractivity contribution in [3.8, 4) is 0 Å². The molecule has 0 amide bonds. The van der Waals surface area contributed by atoms with Gasteiger partial charge in [-0.15, -0.1) is 0 Å². The average molecular weight is 197 g/mol. The Hall–Kier alpha value is -1.03. The number of aryl methyl sites for hydroxylation is 1. The predicted octanol–water partition coefficient (Wildman–Crippen LogP) is 0.989. The highest BCUT2D eigenvalue weighted by molar-refractivity contribution is 7.91. The van der Waals surface area contributed by atoms with Crippen LogP contribution in [0.2, 0.25) is 0 Å². The van der Waals surface area contributed by atoms with Crippen LogP contribution in [0.5, 0.6) is 0 Å². The maximum Gasteiger partial charge on any atom is 0.178 e. The Morgan fingerprint density at radius 2 is 2.08 bits per heavy atom. The highest BCUT2D eigenvalue weighted by Crippen LogP contribution is 2.26. The Kier molecular flexibility index (Phi) is 1.80. The summed E-state index contributed by atoms with van der Waals surface area (Å²) in [6.07, 6.45) is 1.56. The minimum atomic E-state index is -3.04. The van der Waals surface area contributed by atoms with Crippen molar-refractivity contribution in [3.05, 3.63) is 23.8 Å². The second-order valence-corrected chi connectivity index (χ2v) is 5.37. The summed E-state index contributed by atoms with van der Waals surface area (Å²) in [5.41, 5.74) is 6.96. The molecule has 13 heavy (non-hydrogen) atoms. The summed E-state index contributed by atoms with van der Waals surface area (Å²) >= 11 is 0. The number of sulfone groups is 1. The first-order valence-corrected chi connectivity index (χ1v) is 5.86. The zero-order chi connectivity index (χ0) is 9.47. The van der Waals surface area contributed by atoms with Crippen LogP contribution in [0, 0.1) is 0 Å². The molecule has 1 aliphatic rings. The number of hydrogen-bond donors (Lipinski definition) is 1. The van der Waals surface area contributed by atoms with Gasteiger partial charge in [0.05, 0.1) is 10.6 Å². The van der Waals surface area contributed by atoms with E-state index in [1.807, 2.05) is 0 Å². The van der Waals surface area contributed by atoms with Crippen LogP contribution in [0.15, 0.2) is 23.1 Å². The van der Waals surface area contributed by atoms with Crippen LogP contribution in [-0.2, 0) is 16.3 Å². The van der Waals surface area contributed by atoms with Crippen molar-refractivity contribution in [2.45, 2.75) is 17.7 Å². The molecule has 0 bridgehead atoms. The molecule has 2 rings (SSSR count). The van der Waals surface area contributed by atoms with Crippen molar-refractivity contribution in [2.75, 3.05) is 11.5 Å². The Morgan fingerprint density at radius 3 is 2.85 bits per heavy atom. The second kappa shape index (κ2) is 2.73. The Morgan fingerprint density at radius 1 is 1.31 bits per heavy atom. The quantitative estimate of drug-likeness (QED) is 0.631. The molecule has 70 valence electrons. The fourth-order valence-electron chi connectivity index (χ4n) is 1.63. The molecule has 0 spiro atoms. The zero-order valence-corrected chi connectivity index (χ0v) is 7.97. The normalized spacial score (nSPS) is 19.4. The molecule has 1 aliphatic heterocycles. The third kappa shape index (κ3) is 1.42. The van der Waals surface area contributed by atoms with E-state index in [1.54, 1.807) is 18.2 Å². The molecular weight excluding hydrogens is 186 g/mol. The van der Waals surface area contributed by atoms with Crippen molar-refractivity contribution >= 4 is 15.5 Å². The van der Waals surface area contributed by atoms with Gasteiger partial charge in [-0.2, -0.15) is 0 Å². The SMILES string of the molecule is Nc1ccc2c(c1)S(=O)(=O)CCC2. The van der Waals surface area contributed by atoms with Crippen molar-refractivity contribution in [1.29, 1.82) is 0 Å². The van der Waals surface area contributed by atoms with Crippen LogP contribution in [-0.4, -0.2) is 14.2 Å². The third-order valence-electron chi connectivity index (χ3n) is 2.29. The number of nitrogens with two attached hydrogens (primary N) is 1. The van der Waals surface area contributed by atoms with E-state index in [-0.39, 0.29) is 5.75 Å². The largest absolute Gasteiger partial charge is 0.399 e. The lowest BCUT2D eigenvalue weighted by Gasteiger charge is -2.15. The monoisotopic (exact) mass is 197 g/mol. The summed E-state index contributed by atoms with van der Waals surface area (Å²) in [4.78, 5) is 0.429. The van der Waals surface area contributed by atoms with Gasteiger partial charge in [0.1, 0.15) is 0 Å². The summed E-state index contributed by atoms with van der Waals surface area (Å²) in [6, 6.07) is 5.12. The van der Waals surface area contributed by atoms with Crippen LogP contribution in [0.4, 0.5) is 5.69 Å². The molecule has 4 heteroatoms. The number of anilines is 1. The van der Waals surface area contributed by atoms with Gasteiger partial charge in [-0.1, -0.05) is 6.07 Å². The van der Waals surface area contributed by atoms with Gasteiger partial charge in [0.2, 0.25) is 0 Å². The highest BCUT2D eigenvalue weighted by Gasteiger charge is 2.22. The van der Waals surface area contributed by atoms with Gasteiger partial charge in [-0.25, -0.2) is 8.42 Å². The lowest BCUT2D eigenvalue weighted by atomic mass is 10.1. The van der Waals surface area contributed by atoms with E-state index in [0.29, 0.717) is 10.6 Å². The van der Waals surface area contributed by atoms with Gasteiger partial charge in [-0.3, -0.25) is 0 Å². The molecule has 0 aliphatic carbocycles. The number of fused-ring (bicyclic) bond motifs is 1. The van der Waals surface area contributed by atoms with Crippen LogP contribution < -0.4 is 5.73 Å². The average Bonchev–Trinajstić information content (AvgIpc) is 2.06. The van der Waals surface area contributed by atoms with Crippen LogP contribution in [0.1, 0.15) is 12.0 Å². The number of rotatable bonds is 0. The molecule has 0 saturated heterocycles. The van der Waals surface area contributed by atoms with E-state index in [1.165, 1.54) is 0 Å². The molecule has 0 atom stereocenters. The second-order valence-electron chi connectivity index (χ2n) is 3.29. The summed E-state index contributed by atoms with van der Waals surface area (Å²) in [5, 5.41) is 0. The summed E-state index contributed by atoms with van der Waals surface area (Å²) in [6.45, 7) is 0. The number of hydrogen-bond acceptors (Lipinski definition) is 3. The maximum absolute atomic E-state index is 11.6. The molecule has 1 aromatic rings. The summed E-state index contributed by atoms with van der Waals surface area (Å²) in [7, 11) is -3.04. The number of benzene rings is 1. The molecule has 3 nitrogen and oxygen atoms in total. The molecule has 1 heterocycles. The predicted molar refractivity (Wildman–Crippen MR) is 51.2 cm³/mol. The van der Waals surface area contributed by atoms with Crippen molar-refractivity contribution in [3.63, 3.8) is 0 Å². The topological polar surface area (TPSA) is 60.2 Å². The summed E-state index contributed by atoms with van der Waals surface area (Å²) < 4.78 is 23.1. The minimum Gasteiger partial charge on any atom is -0.399 e. The fourth-order valence-corrected chi connectivity index (χ4v) is 3.26. The lowest BCUT2D eigenvalue weighted by Crippen LogP contribution is -2.16. The van der Waals surface area contributed by atoms with Gasteiger partial charge in [0, 0.05) is 5.69 Å². The first-order valence-electron chi connectivity index (χ1n) is 4.21. The molecule has 0 aromatic heterocycles. The van der Waals surface area contributed by atoms with E-state index in [9.17, 15) is 8.42 Å². The molecule has 0 unspecified atom stereocenters. The lowest BCUT2D eigenvalue weighted by molar-refractivity contribution is 0.586. The van der Waals surface area contributed by atoms with Gasteiger partial charge in [0.25, 0.3) is 0 Å². The van der Waals surface area contributed by atoms with Crippen molar-refractivity contribution < 1.29 is 8.42 Å². The number of nitrogen functional groups attached to an aromatic ring is 1. The standard InChI is InChI=1S/C9H11NO2S/c10-8-4-3-7-2-1-5-13(11,12)9(7)6-8/h3-4,6H,1-2,5,10H2. The van der Waals surface area contributed by atoms with Crippen LogP contribution in [0.3, 0.4) is 0 Å². The minimum absolute atomic E-state index is 0.253. The highest BCUT2D eigenvalue weighted by atomic mass is 32.2. The van der Waals surface area contributed by atoms with Gasteiger partial charge < -0.3 is 5.73 Å². The first kappa shape index (κ1) is 8.56. The van der Waals surface area contributed by atoms with E-state index >= 15 is 0 Å². The molecule has 0 saturated carbocycles. The molecular formula is C9H11NO2S. The third-order valence-corrected chi connectivity index (χ3v) is 4.16. The van der Waals surface area contributed by atoms with Gasteiger partial charge in [0.15, 0.2) is 9.84 Å². The van der Waals surface area contributed by atoms with E-state index < -0.39 is 9.84 Å². The van der Waals surface area contributed by atoms with Crippen LogP contribution >= 0.6 is 0 Å². The fraction of sp³-hybridized carbons (Fsp3) is 0.333. The molecule has 1 aromatic carbocycles. The Balaban J connectivity index is 2.68. The first-order chi connectivity index (χ1) is 6.09. The summed E-state index contributed by atoms with van der Waals surface area (Å²) in [5.74, 6) is 0.253.